The van der Waals surface area contributed by atoms with Crippen molar-refractivity contribution in [2.45, 2.75) is 24.2 Å². The minimum atomic E-state index is -3.72. The van der Waals surface area contributed by atoms with Crippen LogP contribution in [0.1, 0.15) is 17.2 Å². The predicted molar refractivity (Wildman–Crippen MR) is 103 cm³/mol. The Balaban J connectivity index is 2.29. The zero-order chi connectivity index (χ0) is 18.4. The molecular formula is C17H19BBrNO4S. The molecule has 1 unspecified atom stereocenters. The van der Waals surface area contributed by atoms with E-state index in [0.717, 1.165) is 15.6 Å². The highest BCUT2D eigenvalue weighted by molar-refractivity contribution is 9.10. The lowest BCUT2D eigenvalue weighted by Gasteiger charge is -2.16. The first-order chi connectivity index (χ1) is 11.8. The van der Waals surface area contributed by atoms with Crippen LogP contribution in [0.4, 0.5) is 0 Å². The van der Waals surface area contributed by atoms with E-state index in [1.807, 2.05) is 19.1 Å². The van der Waals surface area contributed by atoms with Crippen molar-refractivity contribution >= 4 is 33.1 Å². The summed E-state index contributed by atoms with van der Waals surface area (Å²) >= 11 is 3.35. The van der Waals surface area contributed by atoms with Gasteiger partial charge >= 0.3 is 7.12 Å². The average Bonchev–Trinajstić information content (AvgIpc) is 2.54. The molecule has 0 amide bonds. The lowest BCUT2D eigenvalue weighted by Crippen LogP contribution is -2.27. The van der Waals surface area contributed by atoms with Gasteiger partial charge in [-0.25, -0.2) is 8.42 Å². The number of sulfonamides is 1. The fourth-order valence-corrected chi connectivity index (χ4v) is 3.62. The first-order valence-corrected chi connectivity index (χ1v) is 9.93. The highest BCUT2D eigenvalue weighted by atomic mass is 79.9. The van der Waals surface area contributed by atoms with Gasteiger partial charge in [0.25, 0.3) is 0 Å². The second-order valence-electron chi connectivity index (χ2n) is 5.61. The molecule has 0 radical (unpaired) electrons. The summed E-state index contributed by atoms with van der Waals surface area (Å²) in [4.78, 5) is 0.177. The number of halogens is 1. The molecule has 2 aromatic carbocycles. The molecule has 132 valence electrons. The number of aryl methyl sites for hydroxylation is 1. The molecule has 5 nitrogen and oxygen atoms in total. The number of benzene rings is 2. The van der Waals surface area contributed by atoms with Crippen LogP contribution in [0, 0.1) is 6.92 Å². The Morgan fingerprint density at radius 2 is 1.72 bits per heavy atom. The lowest BCUT2D eigenvalue weighted by molar-refractivity contribution is 0.411. The van der Waals surface area contributed by atoms with Crippen molar-refractivity contribution in [2.24, 2.45) is 0 Å². The maximum absolute atomic E-state index is 12.6. The maximum atomic E-state index is 12.6. The molecule has 1 atom stereocenters. The summed E-state index contributed by atoms with van der Waals surface area (Å²) in [6, 6.07) is 13.2. The minimum absolute atomic E-state index is 0.0132. The van der Waals surface area contributed by atoms with Crippen molar-refractivity contribution in [3.05, 3.63) is 76.3 Å². The molecule has 8 heteroatoms. The van der Waals surface area contributed by atoms with E-state index in [0.29, 0.717) is 0 Å². The van der Waals surface area contributed by atoms with Gasteiger partial charge in [-0.3, -0.25) is 0 Å². The quantitative estimate of drug-likeness (QED) is 0.472. The van der Waals surface area contributed by atoms with E-state index in [1.54, 1.807) is 42.5 Å². The molecule has 0 aliphatic rings. The van der Waals surface area contributed by atoms with Crippen LogP contribution in [0.5, 0.6) is 0 Å². The molecule has 25 heavy (non-hydrogen) atoms. The topological polar surface area (TPSA) is 86.6 Å². The van der Waals surface area contributed by atoms with Gasteiger partial charge in [-0.2, -0.15) is 4.72 Å². The summed E-state index contributed by atoms with van der Waals surface area (Å²) in [7, 11) is -5.20. The third-order valence-electron chi connectivity index (χ3n) is 3.52. The van der Waals surface area contributed by atoms with Crippen molar-refractivity contribution in [1.82, 2.24) is 4.72 Å². The summed E-state index contributed by atoms with van der Waals surface area (Å²) in [5.74, 6) is 0. The van der Waals surface area contributed by atoms with Crippen molar-refractivity contribution in [1.29, 1.82) is 0 Å². The number of hydrogen-bond acceptors (Lipinski definition) is 4. The largest absolute Gasteiger partial charge is 0.455 e. The Morgan fingerprint density at radius 1 is 1.12 bits per heavy atom. The molecule has 0 aliphatic carbocycles. The van der Waals surface area contributed by atoms with Crippen LogP contribution in [0.15, 0.2) is 70.1 Å². The lowest BCUT2D eigenvalue weighted by atomic mass is 9.86. The number of nitrogens with one attached hydrogen (secondary N) is 1. The van der Waals surface area contributed by atoms with Gasteiger partial charge in [0.1, 0.15) is 0 Å². The van der Waals surface area contributed by atoms with E-state index in [9.17, 15) is 8.42 Å². The summed E-state index contributed by atoms with van der Waals surface area (Å²) in [6.45, 7) is 1.89. The highest BCUT2D eigenvalue weighted by Crippen LogP contribution is 2.21. The van der Waals surface area contributed by atoms with Gasteiger partial charge in [-0.15, -0.1) is 0 Å². The fourth-order valence-electron chi connectivity index (χ4n) is 2.18. The molecule has 0 saturated heterocycles. The monoisotopic (exact) mass is 423 g/mol. The highest BCUT2D eigenvalue weighted by Gasteiger charge is 2.20. The van der Waals surface area contributed by atoms with E-state index in [4.69, 9.17) is 10.0 Å². The molecule has 0 aliphatic heterocycles. The van der Waals surface area contributed by atoms with Crippen molar-refractivity contribution in [2.75, 3.05) is 0 Å². The molecule has 3 N–H and O–H groups in total. The van der Waals surface area contributed by atoms with Crippen LogP contribution in [0.2, 0.25) is 6.32 Å². The zero-order valence-corrected chi connectivity index (χ0v) is 16.0. The van der Waals surface area contributed by atoms with Crippen molar-refractivity contribution in [3.8, 4) is 0 Å². The van der Waals surface area contributed by atoms with Crippen LogP contribution < -0.4 is 4.72 Å². The Kier molecular flexibility index (Phi) is 6.98. The van der Waals surface area contributed by atoms with Crippen molar-refractivity contribution in [3.63, 3.8) is 0 Å². The zero-order valence-electron chi connectivity index (χ0n) is 13.6. The number of rotatable bonds is 7. The molecule has 0 heterocycles. The van der Waals surface area contributed by atoms with Gasteiger partial charge in [0, 0.05) is 4.47 Å². The summed E-state index contributed by atoms with van der Waals surface area (Å²) in [5, 5.41) is 17.9. The number of allylic oxidation sites excluding steroid dienone is 1. The predicted octanol–water partition coefficient (Wildman–Crippen LogP) is 2.81. The molecule has 0 bridgehead atoms. The van der Waals surface area contributed by atoms with Gasteiger partial charge in [-0.1, -0.05) is 57.9 Å². The van der Waals surface area contributed by atoms with Crippen LogP contribution >= 0.6 is 15.9 Å². The first-order valence-electron chi connectivity index (χ1n) is 7.65. The normalized spacial score (nSPS) is 13.1. The molecule has 0 fully saturated rings. The van der Waals surface area contributed by atoms with Gasteiger partial charge in [0.2, 0.25) is 10.0 Å². The molecule has 2 rings (SSSR count). The second-order valence-corrected chi connectivity index (χ2v) is 8.24. The van der Waals surface area contributed by atoms with E-state index < -0.39 is 23.2 Å². The van der Waals surface area contributed by atoms with Crippen LogP contribution in [-0.2, 0) is 10.0 Å². The Labute approximate surface area is 156 Å². The van der Waals surface area contributed by atoms with E-state index in [-0.39, 0.29) is 11.2 Å². The van der Waals surface area contributed by atoms with E-state index in [1.165, 1.54) is 6.08 Å². The Bertz CT molecular complexity index is 821. The van der Waals surface area contributed by atoms with Gasteiger partial charge < -0.3 is 10.0 Å². The number of hydrogen-bond donors (Lipinski definition) is 3. The van der Waals surface area contributed by atoms with Gasteiger partial charge in [0.05, 0.1) is 10.9 Å². The Hall–Kier alpha value is -1.45. The smallest absolute Gasteiger partial charge is 0.427 e. The molecule has 0 aromatic heterocycles. The fraction of sp³-hybridized carbons (Fsp3) is 0.176. The van der Waals surface area contributed by atoms with E-state index >= 15 is 0 Å². The average molecular weight is 424 g/mol. The summed E-state index contributed by atoms with van der Waals surface area (Å²) in [6.07, 6.45) is 3.16. The van der Waals surface area contributed by atoms with E-state index in [2.05, 4.69) is 20.7 Å². The second kappa shape index (κ2) is 8.78. The SMILES string of the molecule is Cc1ccc(S(=O)(=O)NC(/C=C/CB(O)O)c2ccc(Br)cc2)cc1. The summed E-state index contributed by atoms with van der Waals surface area (Å²) < 4.78 is 28.8. The van der Waals surface area contributed by atoms with Crippen LogP contribution in [-0.4, -0.2) is 25.6 Å². The van der Waals surface area contributed by atoms with Crippen LogP contribution in [0.25, 0.3) is 0 Å². The van der Waals surface area contributed by atoms with Gasteiger partial charge in [-0.05, 0) is 43.1 Å². The maximum Gasteiger partial charge on any atom is 0.455 e. The molecule has 0 spiro atoms. The Morgan fingerprint density at radius 3 is 2.28 bits per heavy atom. The standard InChI is InChI=1S/C17H19BBrNO4S/c1-13-4-10-16(11-5-13)25(23,24)20-17(3-2-12-18(21)22)14-6-8-15(19)9-7-14/h2-11,17,20-22H,12H2,1H3/b3-2+. The van der Waals surface area contributed by atoms with Gasteiger partial charge in [0.15, 0.2) is 0 Å². The molecular weight excluding hydrogens is 405 g/mol. The molecule has 0 saturated carbocycles. The third kappa shape index (κ3) is 6.09. The molecule has 2 aromatic rings. The van der Waals surface area contributed by atoms with Crippen molar-refractivity contribution < 1.29 is 18.5 Å². The van der Waals surface area contributed by atoms with Crippen LogP contribution in [0.3, 0.4) is 0 Å². The third-order valence-corrected chi connectivity index (χ3v) is 5.50. The minimum Gasteiger partial charge on any atom is -0.427 e. The first kappa shape index (κ1) is 19.9. The summed E-state index contributed by atoms with van der Waals surface area (Å²) in [5.41, 5.74) is 1.71.